The van der Waals surface area contributed by atoms with Gasteiger partial charge < -0.3 is 10.4 Å². The Morgan fingerprint density at radius 3 is 2.61 bits per heavy atom. The van der Waals surface area contributed by atoms with Gasteiger partial charge in [0.05, 0.1) is 10.5 Å². The molecule has 0 radical (unpaired) electrons. The van der Waals surface area contributed by atoms with E-state index in [9.17, 15) is 20.0 Å². The van der Waals surface area contributed by atoms with E-state index in [1.807, 2.05) is 0 Å². The lowest BCUT2D eigenvalue weighted by Crippen LogP contribution is -2.42. The van der Waals surface area contributed by atoms with E-state index in [4.69, 9.17) is 6.42 Å². The molecule has 1 aromatic carbocycles. The van der Waals surface area contributed by atoms with Crippen LogP contribution in [0.1, 0.15) is 24.2 Å². The summed E-state index contributed by atoms with van der Waals surface area (Å²) >= 11 is 0. The molecule has 18 heavy (non-hydrogen) atoms. The van der Waals surface area contributed by atoms with Crippen molar-refractivity contribution < 1.29 is 14.8 Å². The number of benzene rings is 1. The molecule has 0 saturated carbocycles. The molecule has 0 fully saturated rings. The predicted molar refractivity (Wildman–Crippen MR) is 65.1 cm³/mol. The van der Waals surface area contributed by atoms with Crippen LogP contribution in [-0.4, -0.2) is 21.5 Å². The highest BCUT2D eigenvalue weighted by atomic mass is 16.6. The van der Waals surface area contributed by atoms with E-state index in [0.717, 1.165) is 12.1 Å². The second-order valence-corrected chi connectivity index (χ2v) is 4.18. The van der Waals surface area contributed by atoms with Crippen molar-refractivity contribution in [2.75, 3.05) is 0 Å². The Morgan fingerprint density at radius 1 is 1.56 bits per heavy atom. The third-order valence-corrected chi connectivity index (χ3v) is 2.22. The topological polar surface area (TPSA) is 92.5 Å². The number of aromatic hydroxyl groups is 1. The number of hydrogen-bond donors (Lipinski definition) is 2. The minimum atomic E-state index is -0.839. The van der Waals surface area contributed by atoms with Gasteiger partial charge in [0.15, 0.2) is 5.75 Å². The first-order valence-corrected chi connectivity index (χ1v) is 5.04. The van der Waals surface area contributed by atoms with Crippen molar-refractivity contribution >= 4 is 11.6 Å². The van der Waals surface area contributed by atoms with E-state index in [0.29, 0.717) is 0 Å². The molecule has 2 N–H and O–H groups in total. The average Bonchev–Trinajstić information content (AvgIpc) is 2.27. The minimum Gasteiger partial charge on any atom is -0.502 e. The highest BCUT2D eigenvalue weighted by molar-refractivity contribution is 5.95. The standard InChI is InChI=1S/C12H12N2O4/c1-4-12(2,3)13-11(16)8-5-6-9(14(17)18)10(15)7-8/h1,5-7,15H,2-3H3,(H,13,16). The Bertz CT molecular complexity index is 543. The maximum Gasteiger partial charge on any atom is 0.310 e. The molecule has 0 bridgehead atoms. The lowest BCUT2D eigenvalue weighted by atomic mass is 10.1. The van der Waals surface area contributed by atoms with Gasteiger partial charge in [-0.15, -0.1) is 6.42 Å². The highest BCUT2D eigenvalue weighted by Gasteiger charge is 2.20. The van der Waals surface area contributed by atoms with E-state index < -0.39 is 27.8 Å². The SMILES string of the molecule is C#CC(C)(C)NC(=O)c1ccc([N+](=O)[O-])c(O)c1. The van der Waals surface area contributed by atoms with Crippen LogP contribution in [0.5, 0.6) is 5.75 Å². The number of rotatable bonds is 3. The van der Waals surface area contributed by atoms with Gasteiger partial charge in [-0.2, -0.15) is 0 Å². The Balaban J connectivity index is 3.00. The predicted octanol–water partition coefficient (Wildman–Crippen LogP) is 1.44. The van der Waals surface area contributed by atoms with Crippen molar-refractivity contribution in [2.45, 2.75) is 19.4 Å². The molecule has 0 unspecified atom stereocenters. The monoisotopic (exact) mass is 248 g/mol. The Hall–Kier alpha value is -2.55. The van der Waals surface area contributed by atoms with Gasteiger partial charge >= 0.3 is 5.69 Å². The third kappa shape index (κ3) is 2.98. The summed E-state index contributed by atoms with van der Waals surface area (Å²) in [7, 11) is 0. The highest BCUT2D eigenvalue weighted by Crippen LogP contribution is 2.26. The van der Waals surface area contributed by atoms with Crippen LogP contribution in [0.4, 0.5) is 5.69 Å². The van der Waals surface area contributed by atoms with Crippen LogP contribution in [0, 0.1) is 22.5 Å². The number of amides is 1. The number of nitro benzene ring substituents is 1. The lowest BCUT2D eigenvalue weighted by Gasteiger charge is -2.19. The number of phenolic OH excluding ortho intramolecular Hbond substituents is 1. The van der Waals surface area contributed by atoms with Crippen molar-refractivity contribution in [3.63, 3.8) is 0 Å². The van der Waals surface area contributed by atoms with E-state index in [1.54, 1.807) is 13.8 Å². The van der Waals surface area contributed by atoms with Gasteiger partial charge in [0.2, 0.25) is 0 Å². The molecule has 0 saturated heterocycles. The van der Waals surface area contributed by atoms with Crippen LogP contribution in [0.2, 0.25) is 0 Å². The summed E-state index contributed by atoms with van der Waals surface area (Å²) in [5.74, 6) is 1.31. The summed E-state index contributed by atoms with van der Waals surface area (Å²) in [6, 6.07) is 3.34. The zero-order chi connectivity index (χ0) is 13.9. The van der Waals surface area contributed by atoms with Gasteiger partial charge in [0, 0.05) is 11.6 Å². The van der Waals surface area contributed by atoms with Crippen molar-refractivity contribution in [3.8, 4) is 18.1 Å². The van der Waals surface area contributed by atoms with Crippen LogP contribution in [0.3, 0.4) is 0 Å². The van der Waals surface area contributed by atoms with Crippen LogP contribution >= 0.6 is 0 Å². The maximum absolute atomic E-state index is 11.8. The summed E-state index contributed by atoms with van der Waals surface area (Å²) in [4.78, 5) is 21.5. The molecule has 0 heterocycles. The van der Waals surface area contributed by atoms with Gasteiger partial charge in [-0.3, -0.25) is 14.9 Å². The number of nitro groups is 1. The molecule has 0 spiro atoms. The van der Waals surface area contributed by atoms with Crippen molar-refractivity contribution in [2.24, 2.45) is 0 Å². The van der Waals surface area contributed by atoms with Crippen LogP contribution in [0.15, 0.2) is 18.2 Å². The molecule has 1 aromatic rings. The first-order valence-electron chi connectivity index (χ1n) is 5.04. The summed E-state index contributed by atoms with van der Waals surface area (Å²) in [5, 5.41) is 22.4. The number of carbonyl (C=O) groups is 1. The lowest BCUT2D eigenvalue weighted by molar-refractivity contribution is -0.385. The van der Waals surface area contributed by atoms with Gasteiger partial charge in [0.1, 0.15) is 0 Å². The Kier molecular flexibility index (Phi) is 3.57. The number of nitrogens with zero attached hydrogens (tertiary/aromatic N) is 1. The first kappa shape index (κ1) is 13.5. The zero-order valence-corrected chi connectivity index (χ0v) is 9.93. The maximum atomic E-state index is 11.8. The molecular formula is C12H12N2O4. The Labute approximate surface area is 104 Å². The molecule has 1 rings (SSSR count). The number of nitrogens with one attached hydrogen (secondary N) is 1. The summed E-state index contributed by atoms with van der Waals surface area (Å²) in [6.45, 7) is 3.27. The van der Waals surface area contributed by atoms with E-state index in [-0.39, 0.29) is 5.56 Å². The second kappa shape index (κ2) is 4.75. The molecule has 6 heteroatoms. The van der Waals surface area contributed by atoms with E-state index in [2.05, 4.69) is 11.2 Å². The van der Waals surface area contributed by atoms with Gasteiger partial charge in [-0.05, 0) is 26.0 Å². The fourth-order valence-electron chi connectivity index (χ4n) is 1.21. The second-order valence-electron chi connectivity index (χ2n) is 4.18. The van der Waals surface area contributed by atoms with E-state index in [1.165, 1.54) is 6.07 Å². The van der Waals surface area contributed by atoms with Gasteiger partial charge in [-0.25, -0.2) is 0 Å². The molecular weight excluding hydrogens is 236 g/mol. The smallest absolute Gasteiger partial charge is 0.310 e. The quantitative estimate of drug-likeness (QED) is 0.481. The average molecular weight is 248 g/mol. The first-order chi connectivity index (χ1) is 8.26. The molecule has 0 atom stereocenters. The summed E-state index contributed by atoms with van der Waals surface area (Å²) in [5.41, 5.74) is -1.20. The summed E-state index contributed by atoms with van der Waals surface area (Å²) in [6.07, 6.45) is 5.22. The fraction of sp³-hybridized carbons (Fsp3) is 0.250. The largest absolute Gasteiger partial charge is 0.502 e. The molecule has 0 aliphatic heterocycles. The normalized spacial score (nSPS) is 10.5. The minimum absolute atomic E-state index is 0.0985. The molecule has 1 amide bonds. The number of carbonyl (C=O) groups excluding carboxylic acids is 1. The van der Waals surface area contributed by atoms with Crippen LogP contribution in [0.25, 0.3) is 0 Å². The van der Waals surface area contributed by atoms with Crippen molar-refractivity contribution in [3.05, 3.63) is 33.9 Å². The molecule has 94 valence electrons. The summed E-state index contributed by atoms with van der Waals surface area (Å²) < 4.78 is 0. The molecule has 0 aliphatic rings. The van der Waals surface area contributed by atoms with E-state index >= 15 is 0 Å². The number of phenols is 1. The molecule has 0 aromatic heterocycles. The van der Waals surface area contributed by atoms with Gasteiger partial charge in [0.25, 0.3) is 5.91 Å². The van der Waals surface area contributed by atoms with Crippen molar-refractivity contribution in [1.29, 1.82) is 0 Å². The zero-order valence-electron chi connectivity index (χ0n) is 9.93. The fourth-order valence-corrected chi connectivity index (χ4v) is 1.21. The number of terminal acetylenes is 1. The van der Waals surface area contributed by atoms with Crippen molar-refractivity contribution in [1.82, 2.24) is 5.32 Å². The van der Waals surface area contributed by atoms with Gasteiger partial charge in [-0.1, -0.05) is 5.92 Å². The molecule has 6 nitrogen and oxygen atoms in total. The van der Waals surface area contributed by atoms with Crippen LogP contribution < -0.4 is 5.32 Å². The van der Waals surface area contributed by atoms with Crippen LogP contribution in [-0.2, 0) is 0 Å². The third-order valence-electron chi connectivity index (χ3n) is 2.22. The molecule has 0 aliphatic carbocycles. The number of hydrogen-bond acceptors (Lipinski definition) is 4. The Morgan fingerprint density at radius 2 is 2.17 bits per heavy atom.